The molecule has 0 aliphatic carbocycles. The third-order valence-corrected chi connectivity index (χ3v) is 8.05. The molecule has 0 radical (unpaired) electrons. The molecular formula is C25H29F3N3O6S2-. The van der Waals surface area contributed by atoms with Crippen molar-refractivity contribution in [2.24, 2.45) is 0 Å². The predicted molar refractivity (Wildman–Crippen MR) is 141 cm³/mol. The van der Waals surface area contributed by atoms with E-state index in [1.54, 1.807) is 0 Å². The maximum Gasteiger partial charge on any atom is 0.485 e. The number of benzene rings is 3. The number of alkyl halides is 3. The molecule has 14 heteroatoms. The maximum atomic E-state index is 12.3. The first kappa shape index (κ1) is 30.6. The highest BCUT2D eigenvalue weighted by molar-refractivity contribution is 7.87. The summed E-state index contributed by atoms with van der Waals surface area (Å²) in [5, 5.41) is 2.44. The van der Waals surface area contributed by atoms with Gasteiger partial charge in [-0.1, -0.05) is 36.4 Å². The lowest BCUT2D eigenvalue weighted by molar-refractivity contribution is -0.0517. The van der Waals surface area contributed by atoms with Gasteiger partial charge < -0.3 is 14.2 Å². The highest BCUT2D eigenvalue weighted by Gasteiger charge is 2.37. The van der Waals surface area contributed by atoms with Crippen LogP contribution < -0.4 is 14.4 Å². The van der Waals surface area contributed by atoms with Crippen molar-refractivity contribution in [2.75, 3.05) is 31.1 Å². The average molecular weight is 589 g/mol. The first-order valence-electron chi connectivity index (χ1n) is 11.9. The van der Waals surface area contributed by atoms with E-state index in [-0.39, 0.29) is 6.04 Å². The SMILES string of the molecule is CC(C)NS(=O)(=O)N1CCN(c2ccc(OCc3ccc4ccccc4c3)cc2)CC1.O=S(=O)([O-])C(F)(F)F. The number of rotatable bonds is 7. The predicted octanol–water partition coefficient (Wildman–Crippen LogP) is 3.84. The summed E-state index contributed by atoms with van der Waals surface area (Å²) in [6.07, 6.45) is 0. The van der Waals surface area contributed by atoms with Crippen molar-refractivity contribution in [3.63, 3.8) is 0 Å². The molecule has 0 amide bonds. The zero-order valence-corrected chi connectivity index (χ0v) is 22.9. The van der Waals surface area contributed by atoms with E-state index < -0.39 is 25.8 Å². The average Bonchev–Trinajstić information content (AvgIpc) is 2.86. The first-order chi connectivity index (χ1) is 18.2. The maximum absolute atomic E-state index is 12.3. The number of ether oxygens (including phenoxy) is 1. The number of fused-ring (bicyclic) bond motifs is 1. The molecule has 0 spiro atoms. The van der Waals surface area contributed by atoms with E-state index in [2.05, 4.69) is 40.0 Å². The topological polar surface area (TPSA) is 119 Å². The van der Waals surface area contributed by atoms with Crippen molar-refractivity contribution in [3.8, 4) is 5.75 Å². The minimum atomic E-state index is -6.09. The van der Waals surface area contributed by atoms with E-state index >= 15 is 0 Å². The highest BCUT2D eigenvalue weighted by Crippen LogP contribution is 2.23. The minimum Gasteiger partial charge on any atom is -0.741 e. The zero-order valence-electron chi connectivity index (χ0n) is 21.3. The third kappa shape index (κ3) is 8.80. The van der Waals surface area contributed by atoms with Gasteiger partial charge in [0.2, 0.25) is 0 Å². The molecular weight excluding hydrogens is 559 g/mol. The van der Waals surface area contributed by atoms with Gasteiger partial charge in [-0.05, 0) is 60.5 Å². The molecule has 1 saturated heterocycles. The monoisotopic (exact) mass is 588 g/mol. The molecule has 1 fully saturated rings. The summed E-state index contributed by atoms with van der Waals surface area (Å²) in [7, 11) is -9.50. The molecule has 39 heavy (non-hydrogen) atoms. The molecule has 3 aromatic carbocycles. The molecule has 0 saturated carbocycles. The van der Waals surface area contributed by atoms with Gasteiger partial charge in [0.1, 0.15) is 12.4 Å². The van der Waals surface area contributed by atoms with E-state index in [0.717, 1.165) is 17.0 Å². The van der Waals surface area contributed by atoms with Gasteiger partial charge in [0.25, 0.3) is 10.2 Å². The van der Waals surface area contributed by atoms with Crippen LogP contribution in [0.3, 0.4) is 0 Å². The third-order valence-electron chi connectivity index (χ3n) is 5.67. The second-order valence-corrected chi connectivity index (χ2v) is 12.1. The molecule has 0 unspecified atom stereocenters. The molecule has 214 valence electrons. The van der Waals surface area contributed by atoms with Crippen LogP contribution in [-0.2, 0) is 26.9 Å². The van der Waals surface area contributed by atoms with Crippen LogP contribution in [0.5, 0.6) is 5.75 Å². The zero-order chi connectivity index (χ0) is 28.8. The van der Waals surface area contributed by atoms with Crippen LogP contribution in [-0.4, -0.2) is 63.4 Å². The molecule has 0 bridgehead atoms. The Morgan fingerprint density at radius 1 is 0.897 bits per heavy atom. The molecule has 4 rings (SSSR count). The fraction of sp³-hybridized carbons (Fsp3) is 0.360. The van der Waals surface area contributed by atoms with Crippen LogP contribution in [0, 0.1) is 0 Å². The van der Waals surface area contributed by atoms with Crippen LogP contribution in [0.1, 0.15) is 19.4 Å². The van der Waals surface area contributed by atoms with Gasteiger partial charge in [0.15, 0.2) is 10.1 Å². The number of piperazine rings is 1. The molecule has 0 aromatic heterocycles. The van der Waals surface area contributed by atoms with E-state index in [1.165, 1.54) is 15.1 Å². The summed E-state index contributed by atoms with van der Waals surface area (Å²) >= 11 is 0. The summed E-state index contributed by atoms with van der Waals surface area (Å²) in [6, 6.07) is 22.6. The van der Waals surface area contributed by atoms with E-state index in [4.69, 9.17) is 17.7 Å². The Hall–Kier alpha value is -2.91. The normalized spacial score (nSPS) is 15.2. The van der Waals surface area contributed by atoms with Gasteiger partial charge in [0, 0.05) is 37.9 Å². The van der Waals surface area contributed by atoms with Crippen LogP contribution >= 0.6 is 0 Å². The van der Waals surface area contributed by atoms with Crippen molar-refractivity contribution < 1.29 is 39.3 Å². The Morgan fingerprint density at radius 2 is 1.46 bits per heavy atom. The Labute approximate surface area is 226 Å². The number of nitrogens with one attached hydrogen (secondary N) is 1. The summed E-state index contributed by atoms with van der Waals surface area (Å²) in [6.45, 7) is 6.45. The van der Waals surface area contributed by atoms with Crippen LogP contribution in [0.25, 0.3) is 10.8 Å². The van der Waals surface area contributed by atoms with Crippen molar-refractivity contribution >= 4 is 36.8 Å². The molecule has 1 aliphatic heterocycles. The van der Waals surface area contributed by atoms with Gasteiger partial charge >= 0.3 is 5.51 Å². The molecule has 3 aromatic rings. The largest absolute Gasteiger partial charge is 0.741 e. The Morgan fingerprint density at radius 3 is 2.00 bits per heavy atom. The van der Waals surface area contributed by atoms with Crippen LogP contribution in [0.15, 0.2) is 66.7 Å². The molecule has 0 atom stereocenters. The standard InChI is InChI=1S/C24H29N3O3S.CHF3O3S/c1-19(2)25-31(28,29)27-15-13-26(14-16-27)23-9-11-24(12-10-23)30-18-20-7-8-21-5-3-4-6-22(21)17-20;2-1(3,4)8(5,6)7/h3-12,17,19,25H,13-16,18H2,1-2H3;(H,5,6,7)/p-1. The minimum absolute atomic E-state index is 0.106. The summed E-state index contributed by atoms with van der Waals surface area (Å²) in [5.41, 5.74) is -3.44. The van der Waals surface area contributed by atoms with E-state index in [1.807, 2.05) is 50.2 Å². The Balaban J connectivity index is 0.000000459. The fourth-order valence-corrected chi connectivity index (χ4v) is 5.20. The molecule has 1 N–H and O–H groups in total. The molecule has 1 aliphatic rings. The second-order valence-electron chi connectivity index (χ2n) is 9.03. The fourth-order valence-electron chi connectivity index (χ4n) is 3.81. The van der Waals surface area contributed by atoms with E-state index in [9.17, 15) is 21.6 Å². The second kappa shape index (κ2) is 12.5. The number of halogens is 3. The quantitative estimate of drug-likeness (QED) is 0.329. The van der Waals surface area contributed by atoms with E-state index in [0.29, 0.717) is 32.8 Å². The number of hydrogen-bond donors (Lipinski definition) is 1. The lowest BCUT2D eigenvalue weighted by Gasteiger charge is -2.35. The first-order valence-corrected chi connectivity index (χ1v) is 14.8. The van der Waals surface area contributed by atoms with Crippen molar-refractivity contribution in [1.82, 2.24) is 9.03 Å². The summed E-state index contributed by atoms with van der Waals surface area (Å²) in [4.78, 5) is 2.20. The Kier molecular flexibility index (Phi) is 9.83. The number of hydrogen-bond acceptors (Lipinski definition) is 7. The molecule has 1 heterocycles. The molecule has 9 nitrogen and oxygen atoms in total. The van der Waals surface area contributed by atoms with Crippen molar-refractivity contribution in [1.29, 1.82) is 0 Å². The van der Waals surface area contributed by atoms with Gasteiger partial charge in [-0.15, -0.1) is 0 Å². The van der Waals surface area contributed by atoms with Crippen LogP contribution in [0.2, 0.25) is 0 Å². The lowest BCUT2D eigenvalue weighted by atomic mass is 10.1. The van der Waals surface area contributed by atoms with Crippen molar-refractivity contribution in [2.45, 2.75) is 32.0 Å². The van der Waals surface area contributed by atoms with Crippen LogP contribution in [0.4, 0.5) is 18.9 Å². The summed E-state index contributed by atoms with van der Waals surface area (Å²) < 4.78 is 93.7. The summed E-state index contributed by atoms with van der Waals surface area (Å²) in [5.74, 6) is 0.819. The van der Waals surface area contributed by atoms with Gasteiger partial charge in [-0.25, -0.2) is 8.42 Å². The van der Waals surface area contributed by atoms with Crippen molar-refractivity contribution in [3.05, 3.63) is 72.3 Å². The van der Waals surface area contributed by atoms with Gasteiger partial charge in [-0.3, -0.25) is 0 Å². The number of nitrogens with zero attached hydrogens (tertiary/aromatic N) is 2. The lowest BCUT2D eigenvalue weighted by Crippen LogP contribution is -2.53. The smallest absolute Gasteiger partial charge is 0.485 e. The number of anilines is 1. The van der Waals surface area contributed by atoms with Gasteiger partial charge in [0.05, 0.1) is 0 Å². The highest BCUT2D eigenvalue weighted by atomic mass is 32.2. The van der Waals surface area contributed by atoms with Gasteiger partial charge in [-0.2, -0.15) is 30.6 Å². The Bertz CT molecular complexity index is 1460.